The summed E-state index contributed by atoms with van der Waals surface area (Å²) in [5.74, 6) is -0.451. The molecule has 0 heterocycles. The van der Waals surface area contributed by atoms with Crippen LogP contribution in [0.3, 0.4) is 0 Å². The van der Waals surface area contributed by atoms with E-state index in [2.05, 4.69) is 5.32 Å². The average Bonchev–Trinajstić information content (AvgIpc) is 2.29. The highest BCUT2D eigenvalue weighted by molar-refractivity contribution is 5.83. The number of nitrogens with zero attached hydrogens (tertiary/aromatic N) is 1. The Morgan fingerprint density at radius 2 is 2.28 bits per heavy atom. The standard InChI is InChI=1S/C12H14N2O4/c1-3-18-12(15)7-9(2)13-10-5-4-6-11(8-10)14(16)17/h4-8,13H,3H2,1-2H3. The van der Waals surface area contributed by atoms with Gasteiger partial charge in [0.1, 0.15) is 0 Å². The van der Waals surface area contributed by atoms with E-state index in [0.29, 0.717) is 18.0 Å². The van der Waals surface area contributed by atoms with E-state index in [9.17, 15) is 14.9 Å². The molecule has 0 amide bonds. The minimum absolute atomic E-state index is 0.0102. The fourth-order valence-corrected chi connectivity index (χ4v) is 1.32. The SMILES string of the molecule is CCOC(=O)C=C(C)Nc1cccc([N+](=O)[O-])c1. The first-order valence-corrected chi connectivity index (χ1v) is 5.39. The Morgan fingerprint density at radius 3 is 2.89 bits per heavy atom. The maximum atomic E-state index is 11.2. The number of allylic oxidation sites excluding steroid dienone is 1. The number of carbonyl (C=O) groups excluding carboxylic acids is 1. The Kier molecular flexibility index (Phi) is 4.86. The fraction of sp³-hybridized carbons (Fsp3) is 0.250. The highest BCUT2D eigenvalue weighted by Gasteiger charge is 2.06. The molecule has 0 spiro atoms. The third-order valence-electron chi connectivity index (χ3n) is 2.02. The number of nitro benzene ring substituents is 1. The summed E-state index contributed by atoms with van der Waals surface area (Å²) in [6, 6.07) is 6.03. The minimum atomic E-state index is -0.477. The Hall–Kier alpha value is -2.37. The summed E-state index contributed by atoms with van der Waals surface area (Å²) in [7, 11) is 0. The summed E-state index contributed by atoms with van der Waals surface area (Å²) in [4.78, 5) is 21.3. The van der Waals surface area contributed by atoms with Gasteiger partial charge < -0.3 is 10.1 Å². The zero-order valence-electron chi connectivity index (χ0n) is 10.2. The van der Waals surface area contributed by atoms with Gasteiger partial charge in [-0.2, -0.15) is 0 Å². The van der Waals surface area contributed by atoms with Crippen LogP contribution in [0.5, 0.6) is 0 Å². The lowest BCUT2D eigenvalue weighted by molar-refractivity contribution is -0.384. The van der Waals surface area contributed by atoms with E-state index in [1.54, 1.807) is 26.0 Å². The summed E-state index contributed by atoms with van der Waals surface area (Å²) in [5.41, 5.74) is 1.08. The first-order valence-electron chi connectivity index (χ1n) is 5.39. The lowest BCUT2D eigenvalue weighted by atomic mass is 10.2. The largest absolute Gasteiger partial charge is 0.463 e. The number of nitrogens with one attached hydrogen (secondary N) is 1. The molecule has 1 rings (SSSR count). The summed E-state index contributed by atoms with van der Waals surface area (Å²) < 4.78 is 4.75. The molecule has 0 aromatic heterocycles. The summed E-state index contributed by atoms with van der Waals surface area (Å²) >= 11 is 0. The van der Waals surface area contributed by atoms with Crippen molar-refractivity contribution in [2.45, 2.75) is 13.8 Å². The number of hydrogen-bond acceptors (Lipinski definition) is 5. The second kappa shape index (κ2) is 6.39. The Morgan fingerprint density at radius 1 is 1.56 bits per heavy atom. The van der Waals surface area contributed by atoms with Gasteiger partial charge in [0, 0.05) is 29.6 Å². The van der Waals surface area contributed by atoms with Crippen LogP contribution in [0.2, 0.25) is 0 Å². The zero-order chi connectivity index (χ0) is 13.5. The first-order chi connectivity index (χ1) is 8.52. The lowest BCUT2D eigenvalue weighted by Gasteiger charge is -2.06. The molecule has 1 aromatic rings. The van der Waals surface area contributed by atoms with Gasteiger partial charge in [-0.3, -0.25) is 10.1 Å². The average molecular weight is 250 g/mol. The van der Waals surface area contributed by atoms with Crippen LogP contribution in [0, 0.1) is 10.1 Å². The topological polar surface area (TPSA) is 81.5 Å². The van der Waals surface area contributed by atoms with E-state index in [4.69, 9.17) is 4.74 Å². The van der Waals surface area contributed by atoms with Gasteiger partial charge in [-0.15, -0.1) is 0 Å². The van der Waals surface area contributed by atoms with Gasteiger partial charge in [-0.05, 0) is 19.9 Å². The number of esters is 1. The molecule has 0 fully saturated rings. The van der Waals surface area contributed by atoms with E-state index >= 15 is 0 Å². The molecule has 18 heavy (non-hydrogen) atoms. The van der Waals surface area contributed by atoms with Crippen LogP contribution in [0.25, 0.3) is 0 Å². The van der Waals surface area contributed by atoms with Crippen LogP contribution in [-0.2, 0) is 9.53 Å². The van der Waals surface area contributed by atoms with Gasteiger partial charge in [0.15, 0.2) is 0 Å². The Balaban J connectivity index is 2.75. The highest BCUT2D eigenvalue weighted by Crippen LogP contribution is 2.18. The van der Waals surface area contributed by atoms with E-state index in [1.165, 1.54) is 18.2 Å². The molecule has 1 N–H and O–H groups in total. The number of ether oxygens (including phenoxy) is 1. The number of nitro groups is 1. The van der Waals surface area contributed by atoms with Gasteiger partial charge in [-0.1, -0.05) is 6.07 Å². The maximum Gasteiger partial charge on any atom is 0.332 e. The maximum absolute atomic E-state index is 11.2. The van der Waals surface area contributed by atoms with Crippen LogP contribution in [-0.4, -0.2) is 17.5 Å². The summed E-state index contributed by atoms with van der Waals surface area (Å²) in [6.45, 7) is 3.70. The molecule has 0 aliphatic rings. The Bertz CT molecular complexity index is 483. The molecule has 1 aromatic carbocycles. The number of benzene rings is 1. The third kappa shape index (κ3) is 4.25. The Labute approximate surface area is 104 Å². The van der Waals surface area contributed by atoms with Gasteiger partial charge in [0.25, 0.3) is 5.69 Å². The van der Waals surface area contributed by atoms with Crippen molar-refractivity contribution in [3.8, 4) is 0 Å². The van der Waals surface area contributed by atoms with Crippen LogP contribution in [0.4, 0.5) is 11.4 Å². The third-order valence-corrected chi connectivity index (χ3v) is 2.02. The lowest BCUT2D eigenvalue weighted by Crippen LogP contribution is -2.04. The molecule has 0 atom stereocenters. The second-order valence-electron chi connectivity index (χ2n) is 3.51. The van der Waals surface area contributed by atoms with Crippen LogP contribution in [0.1, 0.15) is 13.8 Å². The van der Waals surface area contributed by atoms with Crippen LogP contribution in [0.15, 0.2) is 36.0 Å². The summed E-state index contributed by atoms with van der Waals surface area (Å²) in [6.07, 6.45) is 1.29. The number of hydrogen-bond donors (Lipinski definition) is 1. The van der Waals surface area contributed by atoms with Crippen LogP contribution < -0.4 is 5.32 Å². The number of anilines is 1. The van der Waals surface area contributed by atoms with Crippen molar-refractivity contribution in [3.63, 3.8) is 0 Å². The number of non-ortho nitro benzene ring substituents is 1. The summed E-state index contributed by atoms with van der Waals surface area (Å²) in [5, 5.41) is 13.5. The van der Waals surface area contributed by atoms with Crippen molar-refractivity contribution in [2.75, 3.05) is 11.9 Å². The molecular formula is C12H14N2O4. The molecule has 6 nitrogen and oxygen atoms in total. The van der Waals surface area contributed by atoms with Crippen molar-refractivity contribution in [2.24, 2.45) is 0 Å². The monoisotopic (exact) mass is 250 g/mol. The number of carbonyl (C=O) groups is 1. The van der Waals surface area contributed by atoms with E-state index in [-0.39, 0.29) is 5.69 Å². The van der Waals surface area contributed by atoms with Gasteiger partial charge in [0.2, 0.25) is 0 Å². The molecule has 6 heteroatoms. The van der Waals surface area contributed by atoms with Crippen LogP contribution >= 0.6 is 0 Å². The van der Waals surface area contributed by atoms with Gasteiger partial charge in [0.05, 0.1) is 11.5 Å². The zero-order valence-corrected chi connectivity index (χ0v) is 10.2. The molecular weight excluding hydrogens is 236 g/mol. The molecule has 96 valence electrons. The first kappa shape index (κ1) is 13.7. The molecule has 0 radical (unpaired) electrons. The molecule has 0 saturated heterocycles. The van der Waals surface area contributed by atoms with E-state index in [1.807, 2.05) is 0 Å². The van der Waals surface area contributed by atoms with Gasteiger partial charge in [-0.25, -0.2) is 4.79 Å². The van der Waals surface area contributed by atoms with E-state index < -0.39 is 10.9 Å². The smallest absolute Gasteiger partial charge is 0.332 e. The van der Waals surface area contributed by atoms with E-state index in [0.717, 1.165) is 0 Å². The minimum Gasteiger partial charge on any atom is -0.463 e. The molecule has 0 saturated carbocycles. The highest BCUT2D eigenvalue weighted by atomic mass is 16.6. The second-order valence-corrected chi connectivity index (χ2v) is 3.51. The predicted octanol–water partition coefficient (Wildman–Crippen LogP) is 2.47. The van der Waals surface area contributed by atoms with Crippen molar-refractivity contribution in [1.29, 1.82) is 0 Å². The molecule has 0 unspecified atom stereocenters. The quantitative estimate of drug-likeness (QED) is 0.375. The van der Waals surface area contributed by atoms with Gasteiger partial charge >= 0.3 is 5.97 Å². The van der Waals surface area contributed by atoms with Crippen molar-refractivity contribution < 1.29 is 14.5 Å². The number of rotatable bonds is 5. The molecule has 0 aliphatic carbocycles. The molecule has 0 bridgehead atoms. The predicted molar refractivity (Wildman–Crippen MR) is 67.1 cm³/mol. The fourth-order valence-electron chi connectivity index (χ4n) is 1.32. The molecule has 0 aliphatic heterocycles. The normalized spacial score (nSPS) is 10.9. The van der Waals surface area contributed by atoms with Crippen molar-refractivity contribution in [3.05, 3.63) is 46.2 Å². The van der Waals surface area contributed by atoms with Crippen molar-refractivity contribution in [1.82, 2.24) is 0 Å². The van der Waals surface area contributed by atoms with Crippen molar-refractivity contribution >= 4 is 17.3 Å².